The Morgan fingerprint density at radius 3 is 2.00 bits per heavy atom. The second-order valence-corrected chi connectivity index (χ2v) is 7.06. The molecule has 2 N–H and O–H groups in total. The van der Waals surface area contributed by atoms with Crippen LogP contribution in [0.15, 0.2) is 48.5 Å². The lowest BCUT2D eigenvalue weighted by molar-refractivity contribution is -0.192. The van der Waals surface area contributed by atoms with Crippen molar-refractivity contribution in [1.82, 2.24) is 10.2 Å². The van der Waals surface area contributed by atoms with Crippen LogP contribution >= 0.6 is 0 Å². The van der Waals surface area contributed by atoms with Crippen LogP contribution in [0.1, 0.15) is 15.9 Å². The molecule has 0 unspecified atom stereocenters. The highest BCUT2D eigenvalue weighted by atomic mass is 19.4. The molecular formula is C21H20F6N2O3. The summed E-state index contributed by atoms with van der Waals surface area (Å²) in [5.41, 5.74) is 0.385. The maximum atomic E-state index is 13.1. The molecule has 0 atom stereocenters. The Kier molecular flexibility index (Phi) is 7.89. The van der Waals surface area contributed by atoms with Crippen molar-refractivity contribution in [2.75, 3.05) is 26.7 Å². The first kappa shape index (κ1) is 25.2. The zero-order valence-electron chi connectivity index (χ0n) is 16.8. The summed E-state index contributed by atoms with van der Waals surface area (Å²) in [5.74, 6) is -2.37. The number of halogens is 6. The Morgan fingerprint density at radius 1 is 1.00 bits per heavy atom. The van der Waals surface area contributed by atoms with E-state index in [1.54, 1.807) is 35.2 Å². The lowest BCUT2D eigenvalue weighted by Crippen LogP contribution is -2.52. The number of carbonyl (C=O) groups excluding carboxylic acids is 1. The maximum absolute atomic E-state index is 13.1. The van der Waals surface area contributed by atoms with Crippen molar-refractivity contribution >= 4 is 11.9 Å². The molecular weight excluding hydrogens is 442 g/mol. The van der Waals surface area contributed by atoms with Gasteiger partial charge in [0.05, 0.1) is 5.56 Å². The van der Waals surface area contributed by atoms with Gasteiger partial charge in [0.25, 0.3) is 5.91 Å². The Hall–Kier alpha value is -3.08. The highest BCUT2D eigenvalue weighted by Gasteiger charge is 2.38. The summed E-state index contributed by atoms with van der Waals surface area (Å²) in [6.07, 6.45) is -9.49. The summed E-state index contributed by atoms with van der Waals surface area (Å²) in [6, 6.07) is 11.8. The Labute approximate surface area is 179 Å². The van der Waals surface area contributed by atoms with Gasteiger partial charge in [0.2, 0.25) is 0 Å². The fourth-order valence-corrected chi connectivity index (χ4v) is 3.11. The number of aliphatic carboxylic acids is 1. The number of nitrogens with zero attached hydrogens (tertiary/aromatic N) is 1. The van der Waals surface area contributed by atoms with Gasteiger partial charge in [-0.3, -0.25) is 4.79 Å². The van der Waals surface area contributed by atoms with Gasteiger partial charge < -0.3 is 15.3 Å². The van der Waals surface area contributed by atoms with E-state index in [4.69, 9.17) is 9.90 Å². The van der Waals surface area contributed by atoms with Crippen LogP contribution in [0.4, 0.5) is 26.3 Å². The van der Waals surface area contributed by atoms with E-state index in [1.807, 2.05) is 7.05 Å². The van der Waals surface area contributed by atoms with Gasteiger partial charge in [0.15, 0.2) is 0 Å². The van der Waals surface area contributed by atoms with E-state index >= 15 is 0 Å². The standard InChI is InChI=1S/C19H19F3N2O.C2HF3O2/c1-23-10-13-11-24(12-13)18(25)15-8-6-14(7-9-15)16-4-2-3-5-17(16)19(20,21)22;3-2(4,5)1(6)7/h2-9,13,23H,10-12H2,1H3;(H,6,7). The van der Waals surface area contributed by atoms with Crippen LogP contribution in [0, 0.1) is 5.92 Å². The average molecular weight is 462 g/mol. The largest absolute Gasteiger partial charge is 0.490 e. The van der Waals surface area contributed by atoms with Crippen molar-refractivity contribution in [3.8, 4) is 11.1 Å². The molecule has 1 amide bonds. The van der Waals surface area contributed by atoms with Crippen molar-refractivity contribution in [3.05, 3.63) is 59.7 Å². The number of rotatable bonds is 4. The lowest BCUT2D eigenvalue weighted by atomic mass is 9.96. The molecule has 5 nitrogen and oxygen atoms in total. The number of alkyl halides is 6. The minimum Gasteiger partial charge on any atom is -0.475 e. The van der Waals surface area contributed by atoms with Crippen LogP contribution in [-0.2, 0) is 11.0 Å². The highest BCUT2D eigenvalue weighted by Crippen LogP contribution is 2.37. The first-order chi connectivity index (χ1) is 14.8. The van der Waals surface area contributed by atoms with Crippen molar-refractivity contribution < 1.29 is 41.0 Å². The number of hydrogen-bond donors (Lipinski definition) is 2. The highest BCUT2D eigenvalue weighted by molar-refractivity contribution is 5.95. The topological polar surface area (TPSA) is 69.6 Å². The monoisotopic (exact) mass is 462 g/mol. The van der Waals surface area contributed by atoms with E-state index in [-0.39, 0.29) is 11.5 Å². The van der Waals surface area contributed by atoms with Crippen LogP contribution < -0.4 is 5.32 Å². The van der Waals surface area contributed by atoms with Gasteiger partial charge in [-0.25, -0.2) is 4.79 Å². The first-order valence-electron chi connectivity index (χ1n) is 9.35. The smallest absolute Gasteiger partial charge is 0.475 e. The molecule has 1 aliphatic rings. The number of hydrogen-bond acceptors (Lipinski definition) is 3. The molecule has 0 saturated carbocycles. The van der Waals surface area contributed by atoms with E-state index in [1.165, 1.54) is 12.1 Å². The molecule has 1 fully saturated rings. The Morgan fingerprint density at radius 2 is 1.53 bits per heavy atom. The zero-order chi connectivity index (χ0) is 24.1. The summed E-state index contributed by atoms with van der Waals surface area (Å²) in [7, 11) is 1.88. The number of carbonyl (C=O) groups is 2. The van der Waals surface area contributed by atoms with E-state index in [2.05, 4.69) is 5.32 Å². The number of amides is 1. The fourth-order valence-electron chi connectivity index (χ4n) is 3.11. The molecule has 32 heavy (non-hydrogen) atoms. The van der Waals surface area contributed by atoms with Gasteiger partial charge in [0.1, 0.15) is 0 Å². The fraction of sp³-hybridized carbons (Fsp3) is 0.333. The number of nitrogens with one attached hydrogen (secondary N) is 1. The number of carboxylic acids is 1. The second kappa shape index (κ2) is 10.0. The van der Waals surface area contributed by atoms with Crippen molar-refractivity contribution in [2.45, 2.75) is 12.4 Å². The summed E-state index contributed by atoms with van der Waals surface area (Å²) < 4.78 is 71.1. The maximum Gasteiger partial charge on any atom is 0.490 e. The molecule has 0 aliphatic carbocycles. The van der Waals surface area contributed by atoms with Gasteiger partial charge in [0, 0.05) is 31.1 Å². The van der Waals surface area contributed by atoms with Gasteiger partial charge in [-0.1, -0.05) is 30.3 Å². The second-order valence-electron chi connectivity index (χ2n) is 7.06. The number of carboxylic acid groups (broad SMARTS) is 1. The van der Waals surface area contributed by atoms with E-state index in [0.29, 0.717) is 30.1 Å². The van der Waals surface area contributed by atoms with Gasteiger partial charge >= 0.3 is 18.3 Å². The average Bonchev–Trinajstić information content (AvgIpc) is 2.69. The molecule has 0 spiro atoms. The summed E-state index contributed by atoms with van der Waals surface area (Å²) in [6.45, 7) is 2.29. The first-order valence-corrected chi connectivity index (χ1v) is 9.35. The Bertz CT molecular complexity index is 936. The summed E-state index contributed by atoms with van der Waals surface area (Å²) in [5, 5.41) is 10.2. The van der Waals surface area contributed by atoms with E-state index in [9.17, 15) is 31.1 Å². The molecule has 2 aromatic rings. The zero-order valence-corrected chi connectivity index (χ0v) is 16.8. The van der Waals surface area contributed by atoms with Crippen LogP contribution in [0.3, 0.4) is 0 Å². The number of benzene rings is 2. The minimum atomic E-state index is -5.08. The molecule has 1 saturated heterocycles. The number of likely N-dealkylation sites (tertiary alicyclic amines) is 1. The molecule has 174 valence electrons. The SMILES string of the molecule is CNCC1CN(C(=O)c2ccc(-c3ccccc3C(F)(F)F)cc2)C1.O=C(O)C(F)(F)F. The van der Waals surface area contributed by atoms with Crippen LogP contribution in [0.25, 0.3) is 11.1 Å². The predicted octanol–water partition coefficient (Wildman–Crippen LogP) is 4.30. The molecule has 0 radical (unpaired) electrons. The Balaban J connectivity index is 0.000000451. The van der Waals surface area contributed by atoms with E-state index in [0.717, 1.165) is 12.6 Å². The minimum absolute atomic E-state index is 0.0805. The van der Waals surface area contributed by atoms with Crippen molar-refractivity contribution in [3.63, 3.8) is 0 Å². The van der Waals surface area contributed by atoms with Crippen LogP contribution in [0.5, 0.6) is 0 Å². The summed E-state index contributed by atoms with van der Waals surface area (Å²) in [4.78, 5) is 23.0. The summed E-state index contributed by atoms with van der Waals surface area (Å²) >= 11 is 0. The molecule has 1 aliphatic heterocycles. The molecule has 3 rings (SSSR count). The molecule has 11 heteroatoms. The molecule has 1 heterocycles. The van der Waals surface area contributed by atoms with Crippen molar-refractivity contribution in [2.24, 2.45) is 5.92 Å². The van der Waals surface area contributed by atoms with Gasteiger partial charge in [-0.2, -0.15) is 26.3 Å². The third kappa shape index (κ3) is 6.46. The van der Waals surface area contributed by atoms with Crippen molar-refractivity contribution in [1.29, 1.82) is 0 Å². The third-order valence-corrected chi connectivity index (χ3v) is 4.66. The van der Waals surface area contributed by atoms with Gasteiger partial charge in [-0.15, -0.1) is 0 Å². The van der Waals surface area contributed by atoms with Crippen LogP contribution in [0.2, 0.25) is 0 Å². The normalized spacial score (nSPS) is 14.3. The molecule has 0 bridgehead atoms. The molecule has 0 aromatic heterocycles. The van der Waals surface area contributed by atoms with Gasteiger partial charge in [-0.05, 0) is 36.4 Å². The quantitative estimate of drug-likeness (QED) is 0.665. The van der Waals surface area contributed by atoms with Crippen LogP contribution in [-0.4, -0.2) is 54.7 Å². The lowest BCUT2D eigenvalue weighted by Gasteiger charge is -2.39. The predicted molar refractivity (Wildman–Crippen MR) is 104 cm³/mol. The third-order valence-electron chi connectivity index (χ3n) is 4.66. The van der Waals surface area contributed by atoms with E-state index < -0.39 is 23.9 Å². The molecule has 2 aromatic carbocycles.